The summed E-state index contributed by atoms with van der Waals surface area (Å²) in [6.45, 7) is 3.88. The molecule has 2 rings (SSSR count). The van der Waals surface area contributed by atoms with E-state index in [0.717, 1.165) is 31.5 Å². The number of benzene rings is 1. The highest BCUT2D eigenvalue weighted by atomic mass is 16.1. The highest BCUT2D eigenvalue weighted by Gasteiger charge is 2.16. The molecule has 0 aromatic heterocycles. The van der Waals surface area contributed by atoms with E-state index in [9.17, 15) is 4.79 Å². The maximum Gasteiger partial charge on any atom is 0.251 e. The van der Waals surface area contributed by atoms with Crippen LogP contribution in [0.5, 0.6) is 0 Å². The molecular weight excluding hydrogens is 214 g/mol. The van der Waals surface area contributed by atoms with Crippen LogP contribution in [0.1, 0.15) is 28.8 Å². The van der Waals surface area contributed by atoms with Crippen molar-refractivity contribution in [3.05, 3.63) is 29.3 Å². The molecular formula is C13H19N3O. The summed E-state index contributed by atoms with van der Waals surface area (Å²) < 4.78 is 0. The third-order valence-electron chi connectivity index (χ3n) is 3.22. The Bertz CT molecular complexity index is 411. The molecule has 1 fully saturated rings. The topological polar surface area (TPSA) is 67.2 Å². The molecule has 4 heteroatoms. The third-order valence-corrected chi connectivity index (χ3v) is 3.22. The van der Waals surface area contributed by atoms with Crippen molar-refractivity contribution >= 4 is 11.6 Å². The maximum absolute atomic E-state index is 12.0. The molecule has 1 aliphatic heterocycles. The summed E-state index contributed by atoms with van der Waals surface area (Å²) in [7, 11) is 0. The molecule has 1 aromatic rings. The second-order valence-corrected chi connectivity index (χ2v) is 4.57. The van der Waals surface area contributed by atoms with Gasteiger partial charge in [-0.25, -0.2) is 0 Å². The molecule has 4 nitrogen and oxygen atoms in total. The van der Waals surface area contributed by atoms with Gasteiger partial charge in [0, 0.05) is 17.3 Å². The lowest BCUT2D eigenvalue weighted by molar-refractivity contribution is 0.0929. The standard InChI is InChI=1S/C13H19N3O/c1-9-2-3-10(8-12(9)14)13(17)16-11-4-6-15-7-5-11/h2-3,8,11,15H,4-7,14H2,1H3,(H,16,17). The fourth-order valence-corrected chi connectivity index (χ4v) is 2.02. The van der Waals surface area contributed by atoms with Crippen LogP contribution < -0.4 is 16.4 Å². The molecule has 1 aromatic carbocycles. The van der Waals surface area contributed by atoms with E-state index in [1.165, 1.54) is 0 Å². The molecule has 0 bridgehead atoms. The SMILES string of the molecule is Cc1ccc(C(=O)NC2CCNCC2)cc1N. The first-order valence-corrected chi connectivity index (χ1v) is 6.04. The lowest BCUT2D eigenvalue weighted by Gasteiger charge is -2.23. The molecule has 92 valence electrons. The van der Waals surface area contributed by atoms with Gasteiger partial charge in [-0.05, 0) is 50.6 Å². The van der Waals surface area contributed by atoms with Crippen molar-refractivity contribution in [3.8, 4) is 0 Å². The zero-order chi connectivity index (χ0) is 12.3. The summed E-state index contributed by atoms with van der Waals surface area (Å²) in [6.07, 6.45) is 1.99. The largest absolute Gasteiger partial charge is 0.398 e. The van der Waals surface area contributed by atoms with Crippen molar-refractivity contribution in [3.63, 3.8) is 0 Å². The number of nitrogens with one attached hydrogen (secondary N) is 2. The van der Waals surface area contributed by atoms with Crippen LogP contribution in [0, 0.1) is 6.92 Å². The number of anilines is 1. The zero-order valence-corrected chi connectivity index (χ0v) is 10.1. The van der Waals surface area contributed by atoms with Crippen LogP contribution in [0.15, 0.2) is 18.2 Å². The first-order valence-electron chi connectivity index (χ1n) is 6.04. The molecule has 17 heavy (non-hydrogen) atoms. The van der Waals surface area contributed by atoms with E-state index >= 15 is 0 Å². The molecule has 0 spiro atoms. The van der Waals surface area contributed by atoms with Crippen LogP contribution in [0.3, 0.4) is 0 Å². The summed E-state index contributed by atoms with van der Waals surface area (Å²) in [4.78, 5) is 12.0. The number of amides is 1. The van der Waals surface area contributed by atoms with Crippen LogP contribution >= 0.6 is 0 Å². The summed E-state index contributed by atoms with van der Waals surface area (Å²) in [5.41, 5.74) is 8.12. The van der Waals surface area contributed by atoms with Gasteiger partial charge in [0.1, 0.15) is 0 Å². The quantitative estimate of drug-likeness (QED) is 0.669. The van der Waals surface area contributed by atoms with Gasteiger partial charge in [0.2, 0.25) is 0 Å². The number of hydrogen-bond acceptors (Lipinski definition) is 3. The minimum atomic E-state index is -0.0244. The van der Waals surface area contributed by atoms with Crippen molar-refractivity contribution < 1.29 is 4.79 Å². The van der Waals surface area contributed by atoms with Crippen molar-refractivity contribution in [2.75, 3.05) is 18.8 Å². The summed E-state index contributed by atoms with van der Waals surface area (Å²) in [5, 5.41) is 6.32. The van der Waals surface area contributed by atoms with E-state index in [4.69, 9.17) is 5.73 Å². The van der Waals surface area contributed by atoms with E-state index in [1.54, 1.807) is 6.07 Å². The van der Waals surface area contributed by atoms with Gasteiger partial charge in [-0.1, -0.05) is 6.07 Å². The van der Waals surface area contributed by atoms with Crippen molar-refractivity contribution in [2.45, 2.75) is 25.8 Å². The van der Waals surface area contributed by atoms with Gasteiger partial charge in [-0.3, -0.25) is 4.79 Å². The van der Waals surface area contributed by atoms with Crippen molar-refractivity contribution in [1.82, 2.24) is 10.6 Å². The Morgan fingerprint density at radius 2 is 2.12 bits per heavy atom. The van der Waals surface area contributed by atoms with E-state index in [0.29, 0.717) is 11.3 Å². The Kier molecular flexibility index (Phi) is 3.64. The number of nitrogens with two attached hydrogens (primary N) is 1. The van der Waals surface area contributed by atoms with Crippen molar-refractivity contribution in [1.29, 1.82) is 0 Å². The number of carbonyl (C=O) groups excluding carboxylic acids is 1. The van der Waals surface area contributed by atoms with E-state index in [-0.39, 0.29) is 11.9 Å². The van der Waals surface area contributed by atoms with Crippen LogP contribution in [-0.2, 0) is 0 Å². The Balaban J connectivity index is 2.01. The Labute approximate surface area is 102 Å². The Hall–Kier alpha value is -1.55. The lowest BCUT2D eigenvalue weighted by Crippen LogP contribution is -2.42. The summed E-state index contributed by atoms with van der Waals surface area (Å²) in [6, 6.07) is 5.73. The van der Waals surface area contributed by atoms with Crippen LogP contribution in [0.2, 0.25) is 0 Å². The molecule has 0 radical (unpaired) electrons. The van der Waals surface area contributed by atoms with E-state index in [1.807, 2.05) is 19.1 Å². The molecule has 0 atom stereocenters. The first-order chi connectivity index (χ1) is 8.16. The first kappa shape index (κ1) is 11.9. The highest BCUT2D eigenvalue weighted by molar-refractivity contribution is 5.95. The second kappa shape index (κ2) is 5.19. The molecule has 0 saturated carbocycles. The van der Waals surface area contributed by atoms with Gasteiger partial charge in [-0.15, -0.1) is 0 Å². The molecule has 1 aliphatic rings. The minimum absolute atomic E-state index is 0.0244. The maximum atomic E-state index is 12.0. The lowest BCUT2D eigenvalue weighted by atomic mass is 10.1. The fraction of sp³-hybridized carbons (Fsp3) is 0.462. The molecule has 0 unspecified atom stereocenters. The smallest absolute Gasteiger partial charge is 0.251 e. The normalized spacial score (nSPS) is 16.8. The molecule has 1 saturated heterocycles. The fourth-order valence-electron chi connectivity index (χ4n) is 2.02. The number of carbonyl (C=O) groups is 1. The minimum Gasteiger partial charge on any atom is -0.398 e. The molecule has 1 amide bonds. The number of nitrogen functional groups attached to an aromatic ring is 1. The average molecular weight is 233 g/mol. The third kappa shape index (κ3) is 2.97. The molecule has 0 aliphatic carbocycles. The molecule has 1 heterocycles. The van der Waals surface area contributed by atoms with Gasteiger partial charge < -0.3 is 16.4 Å². The summed E-state index contributed by atoms with van der Waals surface area (Å²) in [5.74, 6) is -0.0244. The highest BCUT2D eigenvalue weighted by Crippen LogP contribution is 2.13. The number of hydrogen-bond donors (Lipinski definition) is 3. The van der Waals surface area contributed by atoms with Gasteiger partial charge in [0.15, 0.2) is 0 Å². The summed E-state index contributed by atoms with van der Waals surface area (Å²) >= 11 is 0. The van der Waals surface area contributed by atoms with Gasteiger partial charge in [0.25, 0.3) is 5.91 Å². The number of aryl methyl sites for hydroxylation is 1. The molecule has 4 N–H and O–H groups in total. The average Bonchev–Trinajstić information content (AvgIpc) is 2.34. The van der Waals surface area contributed by atoms with Crippen LogP contribution in [-0.4, -0.2) is 25.0 Å². The predicted molar refractivity (Wildman–Crippen MR) is 68.9 cm³/mol. The second-order valence-electron chi connectivity index (χ2n) is 4.57. The Morgan fingerprint density at radius 1 is 1.41 bits per heavy atom. The van der Waals surface area contributed by atoms with E-state index < -0.39 is 0 Å². The number of rotatable bonds is 2. The van der Waals surface area contributed by atoms with E-state index in [2.05, 4.69) is 10.6 Å². The zero-order valence-electron chi connectivity index (χ0n) is 10.1. The van der Waals surface area contributed by atoms with Gasteiger partial charge >= 0.3 is 0 Å². The van der Waals surface area contributed by atoms with Crippen LogP contribution in [0.25, 0.3) is 0 Å². The van der Waals surface area contributed by atoms with Crippen LogP contribution in [0.4, 0.5) is 5.69 Å². The predicted octanol–water partition coefficient (Wildman–Crippen LogP) is 1.06. The van der Waals surface area contributed by atoms with Gasteiger partial charge in [-0.2, -0.15) is 0 Å². The van der Waals surface area contributed by atoms with Crippen molar-refractivity contribution in [2.24, 2.45) is 0 Å². The number of piperidine rings is 1. The monoisotopic (exact) mass is 233 g/mol. The Morgan fingerprint density at radius 3 is 2.76 bits per heavy atom. The van der Waals surface area contributed by atoms with Gasteiger partial charge in [0.05, 0.1) is 0 Å².